The van der Waals surface area contributed by atoms with E-state index in [4.69, 9.17) is 27.6 Å². The zero-order chi connectivity index (χ0) is 23.9. The number of rotatable bonds is 7. The molecule has 0 bridgehead atoms. The van der Waals surface area contributed by atoms with Gasteiger partial charge in [-0.25, -0.2) is 8.42 Å². The minimum absolute atomic E-state index is 0.0254. The molecule has 0 unspecified atom stereocenters. The molecule has 2 heterocycles. The number of amides is 1. The lowest BCUT2D eigenvalue weighted by atomic mass is 10.2. The molecule has 0 N–H and O–H groups in total. The first-order valence-corrected chi connectivity index (χ1v) is 13.2. The summed E-state index contributed by atoms with van der Waals surface area (Å²) in [6.45, 7) is 1.02. The highest BCUT2D eigenvalue weighted by atomic mass is 35.5. The van der Waals surface area contributed by atoms with Gasteiger partial charge in [0.2, 0.25) is 21.8 Å². The van der Waals surface area contributed by atoms with E-state index in [0.29, 0.717) is 23.7 Å². The van der Waals surface area contributed by atoms with Crippen molar-refractivity contribution in [3.05, 3.63) is 64.0 Å². The lowest BCUT2D eigenvalue weighted by Gasteiger charge is -2.22. The SMILES string of the molecule is O=C(c1ccc(Cl)c(S(=O)(=O)N2CCCC2)c1)N(Cc1nnc(-c2ccccc2Cl)o1)C1CC1. The molecule has 1 saturated carbocycles. The molecule has 1 aliphatic carbocycles. The molecule has 0 spiro atoms. The van der Waals surface area contributed by atoms with Crippen LogP contribution in [0, 0.1) is 0 Å². The predicted molar refractivity (Wildman–Crippen MR) is 127 cm³/mol. The first-order valence-electron chi connectivity index (χ1n) is 11.0. The summed E-state index contributed by atoms with van der Waals surface area (Å²) in [5, 5.41) is 8.75. The number of nitrogens with zero attached hydrogens (tertiary/aromatic N) is 4. The normalized spacial score (nSPS) is 16.6. The largest absolute Gasteiger partial charge is 0.419 e. The number of carbonyl (C=O) groups excluding carboxylic acids is 1. The Morgan fingerprint density at radius 3 is 2.50 bits per heavy atom. The fourth-order valence-electron chi connectivity index (χ4n) is 4.03. The Bertz CT molecular complexity index is 1330. The van der Waals surface area contributed by atoms with Gasteiger partial charge in [0.05, 0.1) is 22.2 Å². The van der Waals surface area contributed by atoms with Gasteiger partial charge in [-0.05, 0) is 56.0 Å². The fourth-order valence-corrected chi connectivity index (χ4v) is 6.26. The first kappa shape index (κ1) is 23.3. The number of halogens is 2. The molecular weight excluding hydrogens is 499 g/mol. The van der Waals surface area contributed by atoms with Crippen LogP contribution in [0.3, 0.4) is 0 Å². The average molecular weight is 521 g/mol. The summed E-state index contributed by atoms with van der Waals surface area (Å²) in [6, 6.07) is 11.5. The second kappa shape index (κ2) is 9.30. The summed E-state index contributed by atoms with van der Waals surface area (Å²) in [7, 11) is -3.77. The summed E-state index contributed by atoms with van der Waals surface area (Å²) >= 11 is 12.5. The molecule has 3 aromatic rings. The van der Waals surface area contributed by atoms with Crippen LogP contribution in [-0.2, 0) is 16.6 Å². The van der Waals surface area contributed by atoms with Crippen LogP contribution in [0.4, 0.5) is 0 Å². The van der Waals surface area contributed by atoms with Crippen LogP contribution in [0.1, 0.15) is 41.9 Å². The average Bonchev–Trinajstić information content (AvgIpc) is 3.30. The van der Waals surface area contributed by atoms with E-state index in [9.17, 15) is 13.2 Å². The topological polar surface area (TPSA) is 96.6 Å². The first-order chi connectivity index (χ1) is 16.3. The van der Waals surface area contributed by atoms with Crippen LogP contribution >= 0.6 is 23.2 Å². The van der Waals surface area contributed by atoms with Gasteiger partial charge in [-0.3, -0.25) is 4.79 Å². The predicted octanol–water partition coefficient (Wildman–Crippen LogP) is 4.63. The molecule has 1 saturated heterocycles. The van der Waals surface area contributed by atoms with E-state index >= 15 is 0 Å². The number of carbonyl (C=O) groups is 1. The zero-order valence-electron chi connectivity index (χ0n) is 18.2. The van der Waals surface area contributed by atoms with Crippen LogP contribution in [0.25, 0.3) is 11.5 Å². The van der Waals surface area contributed by atoms with Gasteiger partial charge in [0.25, 0.3) is 5.91 Å². The van der Waals surface area contributed by atoms with Crippen molar-refractivity contribution < 1.29 is 17.6 Å². The van der Waals surface area contributed by atoms with E-state index in [0.717, 1.165) is 25.7 Å². The van der Waals surface area contributed by atoms with Crippen molar-refractivity contribution in [2.24, 2.45) is 0 Å². The highest BCUT2D eigenvalue weighted by molar-refractivity contribution is 7.89. The van der Waals surface area contributed by atoms with Crippen molar-refractivity contribution in [1.82, 2.24) is 19.4 Å². The maximum atomic E-state index is 13.4. The minimum Gasteiger partial charge on any atom is -0.419 e. The molecule has 2 aliphatic rings. The number of sulfonamides is 1. The third kappa shape index (κ3) is 4.57. The molecule has 34 heavy (non-hydrogen) atoms. The van der Waals surface area contributed by atoms with Crippen LogP contribution in [0.15, 0.2) is 51.8 Å². The van der Waals surface area contributed by atoms with Gasteiger partial charge in [-0.2, -0.15) is 4.31 Å². The van der Waals surface area contributed by atoms with Gasteiger partial charge < -0.3 is 9.32 Å². The van der Waals surface area contributed by atoms with Crippen molar-refractivity contribution in [2.45, 2.75) is 43.2 Å². The summed E-state index contributed by atoms with van der Waals surface area (Å²) in [6.07, 6.45) is 3.32. The zero-order valence-corrected chi connectivity index (χ0v) is 20.5. The van der Waals surface area contributed by atoms with Gasteiger partial charge in [0.1, 0.15) is 4.90 Å². The van der Waals surface area contributed by atoms with Crippen LogP contribution in [0.2, 0.25) is 10.0 Å². The van der Waals surface area contributed by atoms with Crippen molar-refractivity contribution in [3.8, 4) is 11.5 Å². The van der Waals surface area contributed by atoms with Gasteiger partial charge in [-0.1, -0.05) is 35.3 Å². The molecule has 2 aromatic carbocycles. The molecule has 2 fully saturated rings. The summed E-state index contributed by atoms with van der Waals surface area (Å²) in [5.74, 6) is 0.234. The van der Waals surface area contributed by atoms with E-state index in [1.807, 2.05) is 6.07 Å². The Morgan fingerprint density at radius 1 is 1.06 bits per heavy atom. The Labute approximate surface area is 207 Å². The summed E-state index contributed by atoms with van der Waals surface area (Å²) in [4.78, 5) is 15.0. The number of benzene rings is 2. The van der Waals surface area contributed by atoms with Crippen molar-refractivity contribution in [2.75, 3.05) is 13.1 Å². The number of hydrogen-bond acceptors (Lipinski definition) is 6. The van der Waals surface area contributed by atoms with E-state index in [1.165, 1.54) is 16.4 Å². The van der Waals surface area contributed by atoms with Crippen molar-refractivity contribution >= 4 is 39.1 Å². The smallest absolute Gasteiger partial charge is 0.254 e. The van der Waals surface area contributed by atoms with Crippen molar-refractivity contribution in [1.29, 1.82) is 0 Å². The molecule has 8 nitrogen and oxygen atoms in total. The molecule has 11 heteroatoms. The molecule has 5 rings (SSSR count). The second-order valence-corrected chi connectivity index (χ2v) is 11.1. The highest BCUT2D eigenvalue weighted by Gasteiger charge is 2.36. The molecule has 178 valence electrons. The number of hydrogen-bond donors (Lipinski definition) is 0. The van der Waals surface area contributed by atoms with E-state index in [-0.39, 0.29) is 45.8 Å². The third-order valence-electron chi connectivity index (χ3n) is 5.99. The van der Waals surface area contributed by atoms with Gasteiger partial charge in [0, 0.05) is 24.7 Å². The van der Waals surface area contributed by atoms with Gasteiger partial charge >= 0.3 is 0 Å². The van der Waals surface area contributed by atoms with Crippen molar-refractivity contribution in [3.63, 3.8) is 0 Å². The maximum Gasteiger partial charge on any atom is 0.254 e. The second-order valence-electron chi connectivity index (χ2n) is 8.40. The molecule has 1 amide bonds. The summed E-state index contributed by atoms with van der Waals surface area (Å²) < 4.78 is 33.3. The van der Waals surface area contributed by atoms with Crippen LogP contribution in [-0.4, -0.2) is 52.9 Å². The third-order valence-corrected chi connectivity index (χ3v) is 8.70. The molecular formula is C23H22Cl2N4O4S. The minimum atomic E-state index is -3.77. The van der Waals surface area contributed by atoms with E-state index in [1.54, 1.807) is 29.2 Å². The van der Waals surface area contributed by atoms with Gasteiger partial charge in [0.15, 0.2) is 0 Å². The van der Waals surface area contributed by atoms with Crippen LogP contribution in [0.5, 0.6) is 0 Å². The Hall–Kier alpha value is -2.46. The van der Waals surface area contributed by atoms with Gasteiger partial charge in [-0.15, -0.1) is 10.2 Å². The van der Waals surface area contributed by atoms with E-state index < -0.39 is 10.0 Å². The Balaban J connectivity index is 1.40. The molecule has 1 aliphatic heterocycles. The maximum absolute atomic E-state index is 13.4. The Kier molecular flexibility index (Phi) is 6.37. The monoisotopic (exact) mass is 520 g/mol. The molecule has 1 aromatic heterocycles. The quantitative estimate of drug-likeness (QED) is 0.450. The standard InChI is InChI=1S/C23H22Cl2N4O4S/c24-18-6-2-1-5-17(18)22-27-26-21(33-22)14-29(16-8-9-16)23(30)15-7-10-19(25)20(13-15)34(31,32)28-11-3-4-12-28/h1-2,5-7,10,13,16H,3-4,8-9,11-12,14H2. The molecule has 0 radical (unpaired) electrons. The van der Waals surface area contributed by atoms with E-state index in [2.05, 4.69) is 10.2 Å². The highest BCUT2D eigenvalue weighted by Crippen LogP contribution is 2.33. The van der Waals surface area contributed by atoms with Crippen LogP contribution < -0.4 is 0 Å². The Morgan fingerprint density at radius 2 is 1.79 bits per heavy atom. The summed E-state index contributed by atoms with van der Waals surface area (Å²) in [5.41, 5.74) is 0.863. The lowest BCUT2D eigenvalue weighted by Crippen LogP contribution is -2.33. The fraction of sp³-hybridized carbons (Fsp3) is 0.348. The lowest BCUT2D eigenvalue weighted by molar-refractivity contribution is 0.0714. The molecule has 0 atom stereocenters. The number of aromatic nitrogens is 2.